The highest BCUT2D eigenvalue weighted by atomic mass is 31.2. The van der Waals surface area contributed by atoms with Gasteiger partial charge in [-0.25, -0.2) is 4.57 Å². The van der Waals surface area contributed by atoms with Gasteiger partial charge in [-0.1, -0.05) is 19.6 Å². The summed E-state index contributed by atoms with van der Waals surface area (Å²) in [5, 5.41) is 0. The molecule has 0 atom stereocenters. The van der Waals surface area contributed by atoms with Gasteiger partial charge in [0.05, 0.1) is 0 Å². The first-order valence-electron chi connectivity index (χ1n) is 2.51. The molecule has 4 nitrogen and oxygen atoms in total. The van der Waals surface area contributed by atoms with Gasteiger partial charge in [-0.05, 0) is 0 Å². The number of hydrogen-bond donors (Lipinski definition) is 3. The van der Waals surface area contributed by atoms with Gasteiger partial charge in [-0.2, -0.15) is 0 Å². The molecule has 0 spiro atoms. The minimum Gasteiger partial charge on any atom is -0.303 e. The van der Waals surface area contributed by atoms with Crippen molar-refractivity contribution in [3.05, 3.63) is 0 Å². The molecule has 0 aliphatic heterocycles. The van der Waals surface area contributed by atoms with Crippen LogP contribution < -0.4 is 0 Å². The summed E-state index contributed by atoms with van der Waals surface area (Å²) in [6, 6.07) is 0. The fraction of sp³-hybridized carbons (Fsp3) is 1.00. The molecule has 0 rings (SSSR count). The normalized spacial score (nSPS) is 10.6. The summed E-state index contributed by atoms with van der Waals surface area (Å²) in [5.41, 5.74) is 0. The second-order valence-corrected chi connectivity index (χ2v) is 6.74. The lowest BCUT2D eigenvalue weighted by molar-refractivity contribution is 0.275. The van der Waals surface area contributed by atoms with Gasteiger partial charge in [-0.3, -0.25) is 0 Å². The van der Waals surface area contributed by atoms with E-state index < -0.39 is 7.82 Å². The Morgan fingerprint density at radius 1 is 1.11 bits per heavy atom. The van der Waals surface area contributed by atoms with Crippen LogP contribution in [0.15, 0.2) is 0 Å². The van der Waals surface area contributed by atoms with Crippen molar-refractivity contribution in [2.45, 2.75) is 19.6 Å². The van der Waals surface area contributed by atoms with E-state index in [2.05, 4.69) is 19.6 Å². The molecule has 0 fully saturated rings. The van der Waals surface area contributed by atoms with E-state index in [9.17, 15) is 0 Å². The summed E-state index contributed by atoms with van der Waals surface area (Å²) in [6.07, 6.45) is 0. The van der Waals surface area contributed by atoms with Crippen LogP contribution in [0.5, 0.6) is 0 Å². The van der Waals surface area contributed by atoms with E-state index in [1.165, 1.54) is 0 Å². The van der Waals surface area contributed by atoms with E-state index in [1.54, 1.807) is 0 Å². The van der Waals surface area contributed by atoms with Crippen molar-refractivity contribution in [2.75, 3.05) is 0 Å². The summed E-state index contributed by atoms with van der Waals surface area (Å²) in [5.74, 6) is 0. The quantitative estimate of drug-likeness (QED) is 0.359. The molecule has 6 heteroatoms. The zero-order chi connectivity index (χ0) is 8.08. The summed E-state index contributed by atoms with van der Waals surface area (Å²) in [6.45, 7) is 6.92. The van der Waals surface area contributed by atoms with E-state index in [0.29, 0.717) is 0 Å². The fourth-order valence-corrected chi connectivity index (χ4v) is 0. The molecule has 9 heavy (non-hydrogen) atoms. The van der Waals surface area contributed by atoms with Crippen molar-refractivity contribution in [2.24, 2.45) is 0 Å². The maximum absolute atomic E-state index is 8.88. The van der Waals surface area contributed by atoms with Crippen LogP contribution in [-0.2, 0) is 4.57 Å². The first-order chi connectivity index (χ1) is 3.73. The Labute approximate surface area is 56.4 Å². The highest BCUT2D eigenvalue weighted by molar-refractivity contribution is 7.45. The lowest BCUT2D eigenvalue weighted by Crippen LogP contribution is -1.84. The zero-order valence-corrected chi connectivity index (χ0v) is 7.82. The molecular weight excluding hydrogens is 159 g/mol. The van der Waals surface area contributed by atoms with Gasteiger partial charge in [0.1, 0.15) is 0 Å². The van der Waals surface area contributed by atoms with Gasteiger partial charge in [0.15, 0.2) is 0 Å². The topological polar surface area (TPSA) is 77.8 Å². The van der Waals surface area contributed by atoms with Crippen LogP contribution in [-0.4, -0.2) is 23.5 Å². The Hall–Kier alpha value is 0.327. The van der Waals surface area contributed by atoms with E-state index >= 15 is 0 Å². The van der Waals surface area contributed by atoms with Crippen molar-refractivity contribution in [3.8, 4) is 0 Å². The third kappa shape index (κ3) is 3120. The van der Waals surface area contributed by atoms with Gasteiger partial charge in [0, 0.05) is 8.80 Å². The van der Waals surface area contributed by atoms with Gasteiger partial charge >= 0.3 is 7.82 Å². The van der Waals surface area contributed by atoms with Crippen molar-refractivity contribution >= 4 is 16.6 Å². The Kier molecular flexibility index (Phi) is 6.88. The largest absolute Gasteiger partial charge is 0.466 e. The standard InChI is InChI=1S/C3H10Si.H3O4P/c1-4(2)3;1-5(2,3)4/h4H,1-3H3;(H3,1,2,3,4). The molecular formula is C3H13O4PSi. The summed E-state index contributed by atoms with van der Waals surface area (Å²) in [7, 11) is -4.78. The lowest BCUT2D eigenvalue weighted by Gasteiger charge is -1.82. The van der Waals surface area contributed by atoms with Crippen LogP contribution in [0.4, 0.5) is 0 Å². The van der Waals surface area contributed by atoms with Crippen molar-refractivity contribution in [1.29, 1.82) is 0 Å². The predicted molar refractivity (Wildman–Crippen MR) is 39.0 cm³/mol. The minimum absolute atomic E-state index is 0.139. The molecule has 0 aromatic heterocycles. The monoisotopic (exact) mass is 172 g/mol. The summed E-state index contributed by atoms with van der Waals surface area (Å²) < 4.78 is 8.88. The predicted octanol–water partition coefficient (Wildman–Crippen LogP) is 0.174. The Morgan fingerprint density at radius 3 is 1.11 bits per heavy atom. The van der Waals surface area contributed by atoms with E-state index in [-0.39, 0.29) is 8.80 Å². The van der Waals surface area contributed by atoms with Gasteiger partial charge < -0.3 is 14.7 Å². The molecule has 0 aromatic carbocycles. The Bertz CT molecular complexity index is 87.0. The van der Waals surface area contributed by atoms with Crippen LogP contribution in [0.2, 0.25) is 19.6 Å². The second-order valence-electron chi connectivity index (χ2n) is 2.25. The molecule has 0 aliphatic carbocycles. The van der Waals surface area contributed by atoms with Gasteiger partial charge in [0.2, 0.25) is 0 Å². The number of phosphoric acid groups is 1. The zero-order valence-electron chi connectivity index (χ0n) is 5.77. The smallest absolute Gasteiger partial charge is 0.303 e. The van der Waals surface area contributed by atoms with Crippen molar-refractivity contribution in [3.63, 3.8) is 0 Å². The highest BCUT2D eigenvalue weighted by Gasteiger charge is 2.00. The molecule has 0 aliphatic rings. The third-order valence-corrected chi connectivity index (χ3v) is 0. The van der Waals surface area contributed by atoms with Crippen LogP contribution in [0.3, 0.4) is 0 Å². The van der Waals surface area contributed by atoms with Crippen molar-refractivity contribution < 1.29 is 19.2 Å². The minimum atomic E-state index is -4.64. The average molecular weight is 172 g/mol. The number of hydrogen-bond acceptors (Lipinski definition) is 1. The Morgan fingerprint density at radius 2 is 1.11 bits per heavy atom. The second kappa shape index (κ2) is 5.14. The first kappa shape index (κ1) is 12.0. The van der Waals surface area contributed by atoms with Crippen molar-refractivity contribution in [1.82, 2.24) is 0 Å². The molecule has 0 heterocycles. The van der Waals surface area contributed by atoms with Gasteiger partial charge in [0.25, 0.3) is 0 Å². The van der Waals surface area contributed by atoms with E-state index in [4.69, 9.17) is 19.2 Å². The number of rotatable bonds is 0. The lowest BCUT2D eigenvalue weighted by atomic mass is 11.8. The maximum atomic E-state index is 8.88. The molecule has 0 saturated carbocycles. The Balaban J connectivity index is 0. The van der Waals surface area contributed by atoms with Gasteiger partial charge in [-0.15, -0.1) is 0 Å². The molecule has 0 unspecified atom stereocenters. The fourth-order valence-electron chi connectivity index (χ4n) is 0. The SMILES string of the molecule is C[SiH](C)C.O=P(O)(O)O. The molecule has 0 radical (unpaired) electrons. The molecule has 0 bridgehead atoms. The molecule has 0 aromatic rings. The van der Waals surface area contributed by atoms with Crippen LogP contribution in [0.25, 0.3) is 0 Å². The summed E-state index contributed by atoms with van der Waals surface area (Å²) in [4.78, 5) is 21.6. The molecule has 58 valence electrons. The third-order valence-electron chi connectivity index (χ3n) is 0. The summed E-state index contributed by atoms with van der Waals surface area (Å²) >= 11 is 0. The van der Waals surface area contributed by atoms with E-state index in [0.717, 1.165) is 0 Å². The molecule has 0 amide bonds. The maximum Gasteiger partial charge on any atom is 0.466 e. The van der Waals surface area contributed by atoms with Crippen LogP contribution in [0, 0.1) is 0 Å². The van der Waals surface area contributed by atoms with Crippen LogP contribution in [0.1, 0.15) is 0 Å². The van der Waals surface area contributed by atoms with Crippen LogP contribution >= 0.6 is 7.82 Å². The average Bonchev–Trinajstić information content (AvgIpc) is 1.19. The van der Waals surface area contributed by atoms with E-state index in [1.807, 2.05) is 0 Å². The first-order valence-corrected chi connectivity index (χ1v) is 7.54. The molecule has 3 N–H and O–H groups in total. The molecule has 0 saturated heterocycles. The highest BCUT2D eigenvalue weighted by Crippen LogP contribution is 2.25.